The van der Waals surface area contributed by atoms with Gasteiger partial charge in [0.1, 0.15) is 4.90 Å². The number of hydrogen-bond acceptors (Lipinski definition) is 3. The van der Waals surface area contributed by atoms with Gasteiger partial charge in [0.15, 0.2) is 0 Å². The van der Waals surface area contributed by atoms with Crippen LogP contribution in [0.15, 0.2) is 26.0 Å². The molecule has 2 N–H and O–H groups in total. The summed E-state index contributed by atoms with van der Waals surface area (Å²) in [4.78, 5) is 0.284. The molecule has 0 bridgehead atoms. The highest BCUT2D eigenvalue weighted by atomic mass is 79.9. The van der Waals surface area contributed by atoms with Crippen molar-refractivity contribution < 1.29 is 8.42 Å². The Morgan fingerprint density at radius 1 is 1.10 bits per heavy atom. The van der Waals surface area contributed by atoms with E-state index in [9.17, 15) is 8.42 Å². The number of benzene rings is 1. The molecule has 1 saturated carbocycles. The first kappa shape index (κ1) is 14.8. The molecule has 1 aromatic rings. The molecule has 2 unspecified atom stereocenters. The van der Waals surface area contributed by atoms with Crippen LogP contribution in [0.1, 0.15) is 19.3 Å². The Hall–Kier alpha value is -0.110. The lowest BCUT2D eigenvalue weighted by atomic mass is 10.0. The third-order valence-electron chi connectivity index (χ3n) is 4.31. The average Bonchev–Trinajstić information content (AvgIpc) is 2.85. The SMILES string of the molecule is Nc1cc(Br)c(S(=O)(=O)N2CC3CCCC3C2)c(Br)c1. The number of nitrogen functional groups attached to an aromatic ring is 1. The maximum Gasteiger partial charge on any atom is 0.245 e. The minimum atomic E-state index is -3.47. The predicted octanol–water partition coefficient (Wildman–Crippen LogP) is 3.21. The van der Waals surface area contributed by atoms with Crippen LogP contribution in [-0.4, -0.2) is 25.8 Å². The molecule has 0 radical (unpaired) electrons. The topological polar surface area (TPSA) is 63.4 Å². The number of anilines is 1. The highest BCUT2D eigenvalue weighted by Gasteiger charge is 2.42. The van der Waals surface area contributed by atoms with Crippen LogP contribution in [0.5, 0.6) is 0 Å². The lowest BCUT2D eigenvalue weighted by Gasteiger charge is -2.19. The van der Waals surface area contributed by atoms with Crippen molar-refractivity contribution in [3.8, 4) is 0 Å². The largest absolute Gasteiger partial charge is 0.399 e. The van der Waals surface area contributed by atoms with E-state index >= 15 is 0 Å². The molecule has 110 valence electrons. The van der Waals surface area contributed by atoms with Crippen LogP contribution in [0.4, 0.5) is 5.69 Å². The fraction of sp³-hybridized carbons (Fsp3) is 0.538. The van der Waals surface area contributed by atoms with E-state index in [1.54, 1.807) is 16.4 Å². The Bertz CT molecular complexity index is 613. The first-order chi connectivity index (χ1) is 9.39. The van der Waals surface area contributed by atoms with E-state index in [0.717, 1.165) is 12.8 Å². The summed E-state index contributed by atoms with van der Waals surface area (Å²) in [5.74, 6) is 1.08. The average molecular weight is 424 g/mol. The summed E-state index contributed by atoms with van der Waals surface area (Å²) in [6, 6.07) is 3.27. The predicted molar refractivity (Wildman–Crippen MR) is 85.8 cm³/mol. The first-order valence-electron chi connectivity index (χ1n) is 6.64. The second-order valence-electron chi connectivity index (χ2n) is 5.59. The van der Waals surface area contributed by atoms with Crippen LogP contribution in [0.25, 0.3) is 0 Å². The second kappa shape index (κ2) is 5.26. The van der Waals surface area contributed by atoms with Gasteiger partial charge in [-0.3, -0.25) is 0 Å². The molecule has 20 heavy (non-hydrogen) atoms. The highest BCUT2D eigenvalue weighted by molar-refractivity contribution is 9.11. The normalized spacial score (nSPS) is 26.9. The first-order valence-corrected chi connectivity index (χ1v) is 9.67. The van der Waals surface area contributed by atoms with E-state index in [-0.39, 0.29) is 4.90 Å². The van der Waals surface area contributed by atoms with Crippen LogP contribution in [0.3, 0.4) is 0 Å². The van der Waals surface area contributed by atoms with Gasteiger partial charge < -0.3 is 5.73 Å². The van der Waals surface area contributed by atoms with E-state index in [2.05, 4.69) is 31.9 Å². The zero-order valence-electron chi connectivity index (χ0n) is 10.9. The molecule has 1 aliphatic heterocycles. The van der Waals surface area contributed by atoms with Crippen molar-refractivity contribution in [1.82, 2.24) is 4.31 Å². The third kappa shape index (κ3) is 2.42. The third-order valence-corrected chi connectivity index (χ3v) is 8.02. The summed E-state index contributed by atoms with van der Waals surface area (Å²) in [7, 11) is -3.47. The van der Waals surface area contributed by atoms with E-state index in [0.29, 0.717) is 39.6 Å². The minimum absolute atomic E-state index is 0.284. The summed E-state index contributed by atoms with van der Waals surface area (Å²) < 4.78 is 28.3. The maximum atomic E-state index is 12.8. The zero-order chi connectivity index (χ0) is 14.5. The fourth-order valence-electron chi connectivity index (χ4n) is 3.34. The smallest absolute Gasteiger partial charge is 0.245 e. The molecular weight excluding hydrogens is 408 g/mol. The summed E-state index contributed by atoms with van der Waals surface area (Å²) in [6.45, 7) is 1.30. The van der Waals surface area contributed by atoms with Crippen molar-refractivity contribution in [2.45, 2.75) is 24.2 Å². The van der Waals surface area contributed by atoms with E-state index in [1.807, 2.05) is 0 Å². The second-order valence-corrected chi connectivity index (χ2v) is 9.17. The van der Waals surface area contributed by atoms with Gasteiger partial charge in [-0.1, -0.05) is 6.42 Å². The van der Waals surface area contributed by atoms with E-state index in [1.165, 1.54) is 6.42 Å². The van der Waals surface area contributed by atoms with Crippen molar-refractivity contribution in [2.75, 3.05) is 18.8 Å². The molecular formula is C13H16Br2N2O2S. The molecule has 0 aromatic heterocycles. The molecule has 2 fully saturated rings. The quantitative estimate of drug-likeness (QED) is 0.742. The number of nitrogens with two attached hydrogens (primary N) is 1. The summed E-state index contributed by atoms with van der Waals surface area (Å²) >= 11 is 6.65. The van der Waals surface area contributed by atoms with Gasteiger partial charge in [-0.05, 0) is 68.7 Å². The van der Waals surface area contributed by atoms with Crippen molar-refractivity contribution >= 4 is 47.6 Å². The van der Waals surface area contributed by atoms with Crippen molar-refractivity contribution in [3.05, 3.63) is 21.1 Å². The summed E-state index contributed by atoms with van der Waals surface area (Å²) in [6.07, 6.45) is 3.54. The minimum Gasteiger partial charge on any atom is -0.399 e. The van der Waals surface area contributed by atoms with Crippen LogP contribution in [-0.2, 0) is 10.0 Å². The van der Waals surface area contributed by atoms with Gasteiger partial charge in [0.05, 0.1) is 0 Å². The molecule has 7 heteroatoms. The van der Waals surface area contributed by atoms with Crippen molar-refractivity contribution in [3.63, 3.8) is 0 Å². The Balaban J connectivity index is 1.97. The molecule has 0 amide bonds. The van der Waals surface area contributed by atoms with Gasteiger partial charge in [-0.15, -0.1) is 0 Å². The van der Waals surface area contributed by atoms with E-state index < -0.39 is 10.0 Å². The van der Waals surface area contributed by atoms with Crippen molar-refractivity contribution in [2.24, 2.45) is 11.8 Å². The number of halogens is 2. The van der Waals surface area contributed by atoms with Crippen LogP contribution in [0, 0.1) is 11.8 Å². The molecule has 1 aromatic carbocycles. The summed E-state index contributed by atoms with van der Waals surface area (Å²) in [5.41, 5.74) is 6.26. The van der Waals surface area contributed by atoms with Gasteiger partial charge in [-0.2, -0.15) is 4.31 Å². The standard InChI is InChI=1S/C13H16Br2N2O2S/c14-11-4-10(16)5-12(15)13(11)20(18,19)17-6-8-2-1-3-9(8)7-17/h4-5,8-9H,1-3,6-7,16H2. The van der Waals surface area contributed by atoms with Gasteiger partial charge in [0, 0.05) is 27.7 Å². The van der Waals surface area contributed by atoms with Gasteiger partial charge >= 0.3 is 0 Å². The lowest BCUT2D eigenvalue weighted by Crippen LogP contribution is -2.30. The van der Waals surface area contributed by atoms with Crippen molar-refractivity contribution in [1.29, 1.82) is 0 Å². The molecule has 1 aliphatic carbocycles. The van der Waals surface area contributed by atoms with E-state index in [4.69, 9.17) is 5.73 Å². The molecule has 2 aliphatic rings. The Kier molecular flexibility index (Phi) is 3.90. The summed E-state index contributed by atoms with van der Waals surface area (Å²) in [5, 5.41) is 0. The number of nitrogens with zero attached hydrogens (tertiary/aromatic N) is 1. The zero-order valence-corrected chi connectivity index (χ0v) is 14.8. The highest BCUT2D eigenvalue weighted by Crippen LogP contribution is 2.42. The molecule has 0 spiro atoms. The lowest BCUT2D eigenvalue weighted by molar-refractivity contribution is 0.445. The van der Waals surface area contributed by atoms with Crippen LogP contribution in [0.2, 0.25) is 0 Å². The fourth-order valence-corrected chi connectivity index (χ4v) is 7.44. The molecule has 1 heterocycles. The number of sulfonamides is 1. The van der Waals surface area contributed by atoms with Gasteiger partial charge in [-0.25, -0.2) is 8.42 Å². The molecule has 3 rings (SSSR count). The molecule has 2 atom stereocenters. The van der Waals surface area contributed by atoms with Gasteiger partial charge in [0.2, 0.25) is 10.0 Å². The number of hydrogen-bond donors (Lipinski definition) is 1. The Labute approximate surface area is 136 Å². The monoisotopic (exact) mass is 422 g/mol. The Morgan fingerprint density at radius 3 is 2.10 bits per heavy atom. The molecule has 4 nitrogen and oxygen atoms in total. The van der Waals surface area contributed by atoms with Crippen LogP contribution >= 0.6 is 31.9 Å². The van der Waals surface area contributed by atoms with Gasteiger partial charge in [0.25, 0.3) is 0 Å². The Morgan fingerprint density at radius 2 is 1.60 bits per heavy atom. The number of rotatable bonds is 2. The van der Waals surface area contributed by atoms with Crippen LogP contribution < -0.4 is 5.73 Å². The molecule has 1 saturated heterocycles. The maximum absolute atomic E-state index is 12.8. The number of fused-ring (bicyclic) bond motifs is 1.